The van der Waals surface area contributed by atoms with E-state index < -0.39 is 17.7 Å². The van der Waals surface area contributed by atoms with Gasteiger partial charge in [0.05, 0.1) is 23.9 Å². The van der Waals surface area contributed by atoms with Crippen LogP contribution >= 0.6 is 11.6 Å². The van der Waals surface area contributed by atoms with Gasteiger partial charge in [-0.05, 0) is 57.4 Å². The van der Waals surface area contributed by atoms with E-state index in [4.69, 9.17) is 16.3 Å². The van der Waals surface area contributed by atoms with Crippen molar-refractivity contribution in [3.8, 4) is 5.75 Å². The number of ether oxygens (including phenoxy) is 1. The number of carbonyl (C=O) groups excluding carboxylic acids is 2. The van der Waals surface area contributed by atoms with Crippen LogP contribution in [0.4, 0.5) is 0 Å². The Morgan fingerprint density at radius 2 is 2.03 bits per heavy atom. The Hall–Kier alpha value is -2.90. The van der Waals surface area contributed by atoms with Crippen molar-refractivity contribution in [3.63, 3.8) is 0 Å². The smallest absolute Gasteiger partial charge is 0.295 e. The van der Waals surface area contributed by atoms with Gasteiger partial charge in [-0.15, -0.1) is 0 Å². The summed E-state index contributed by atoms with van der Waals surface area (Å²) in [6, 6.07) is 9.19. The van der Waals surface area contributed by atoms with Crippen LogP contribution in [0.15, 0.2) is 48.2 Å². The highest BCUT2D eigenvalue weighted by molar-refractivity contribution is 6.46. The van der Waals surface area contributed by atoms with Crippen molar-refractivity contribution < 1.29 is 19.4 Å². The maximum Gasteiger partial charge on any atom is 0.295 e. The first-order chi connectivity index (χ1) is 14.3. The first kappa shape index (κ1) is 21.8. The molecule has 2 aromatic rings. The van der Waals surface area contributed by atoms with E-state index in [0.29, 0.717) is 29.4 Å². The zero-order valence-corrected chi connectivity index (χ0v) is 17.9. The summed E-state index contributed by atoms with van der Waals surface area (Å²) in [5.41, 5.74) is 0.727. The standard InChI is InChI=1S/C22H24ClN3O4/c1-25(2)11-6-12-26-19(16-7-4-5-10-24-16)18(21(28)22(26)29)20(27)15-13-14(23)8-9-17(15)30-3/h4-5,7-10,13,19,27H,6,11-12H2,1-3H3/b20-18+. The lowest BCUT2D eigenvalue weighted by molar-refractivity contribution is -0.140. The molecule has 0 radical (unpaired) electrons. The summed E-state index contributed by atoms with van der Waals surface area (Å²) in [4.78, 5) is 33.7. The van der Waals surface area contributed by atoms with Crippen LogP contribution in [0.5, 0.6) is 5.75 Å². The normalized spacial score (nSPS) is 18.3. The van der Waals surface area contributed by atoms with Crippen LogP contribution in [0.2, 0.25) is 5.02 Å². The Morgan fingerprint density at radius 1 is 1.27 bits per heavy atom. The van der Waals surface area contributed by atoms with Crippen molar-refractivity contribution in [1.82, 2.24) is 14.8 Å². The maximum absolute atomic E-state index is 13.0. The Morgan fingerprint density at radius 3 is 2.67 bits per heavy atom. The second kappa shape index (κ2) is 9.28. The van der Waals surface area contributed by atoms with Crippen molar-refractivity contribution in [2.45, 2.75) is 12.5 Å². The number of hydrogen-bond donors (Lipinski definition) is 1. The van der Waals surface area contributed by atoms with Gasteiger partial charge in [0.15, 0.2) is 0 Å². The molecule has 158 valence electrons. The van der Waals surface area contributed by atoms with E-state index in [2.05, 4.69) is 4.98 Å². The Balaban J connectivity index is 2.13. The SMILES string of the molecule is COc1ccc(Cl)cc1/C(O)=C1\C(=O)C(=O)N(CCCN(C)C)C1c1ccccn1. The molecule has 1 aromatic carbocycles. The van der Waals surface area contributed by atoms with E-state index in [1.807, 2.05) is 19.0 Å². The molecular weight excluding hydrogens is 406 g/mol. The zero-order chi connectivity index (χ0) is 21.8. The first-order valence-corrected chi connectivity index (χ1v) is 9.91. The third kappa shape index (κ3) is 4.32. The first-order valence-electron chi connectivity index (χ1n) is 9.53. The summed E-state index contributed by atoms with van der Waals surface area (Å²) in [5, 5.41) is 11.5. The fourth-order valence-corrected chi connectivity index (χ4v) is 3.70. The fraction of sp³-hybridized carbons (Fsp3) is 0.318. The number of aliphatic hydroxyl groups is 1. The summed E-state index contributed by atoms with van der Waals surface area (Å²) in [6.07, 6.45) is 2.26. The van der Waals surface area contributed by atoms with Crippen LogP contribution in [0.1, 0.15) is 23.7 Å². The van der Waals surface area contributed by atoms with Crippen LogP contribution in [-0.2, 0) is 9.59 Å². The summed E-state index contributed by atoms with van der Waals surface area (Å²) >= 11 is 6.10. The minimum atomic E-state index is -0.794. The molecule has 1 N–H and O–H groups in total. The van der Waals surface area contributed by atoms with Gasteiger partial charge in [0.1, 0.15) is 17.6 Å². The number of likely N-dealkylation sites (tertiary alicyclic amines) is 1. The molecule has 30 heavy (non-hydrogen) atoms. The van der Waals surface area contributed by atoms with Gasteiger partial charge >= 0.3 is 0 Å². The number of amides is 1. The van der Waals surface area contributed by atoms with Gasteiger partial charge in [-0.3, -0.25) is 14.6 Å². The summed E-state index contributed by atoms with van der Waals surface area (Å²) in [7, 11) is 5.33. The second-order valence-electron chi connectivity index (χ2n) is 7.25. The zero-order valence-electron chi connectivity index (χ0n) is 17.1. The predicted molar refractivity (Wildman–Crippen MR) is 114 cm³/mol. The molecule has 0 saturated carbocycles. The second-order valence-corrected chi connectivity index (χ2v) is 7.68. The summed E-state index contributed by atoms with van der Waals surface area (Å²) < 4.78 is 5.32. The van der Waals surface area contributed by atoms with Gasteiger partial charge in [-0.2, -0.15) is 0 Å². The molecular formula is C22H24ClN3O4. The average Bonchev–Trinajstić information content (AvgIpc) is 2.98. The number of rotatable bonds is 7. The molecule has 1 aliphatic heterocycles. The number of hydrogen-bond acceptors (Lipinski definition) is 6. The third-order valence-corrected chi connectivity index (χ3v) is 5.16. The van der Waals surface area contributed by atoms with Gasteiger partial charge in [0.2, 0.25) is 0 Å². The molecule has 0 spiro atoms. The number of pyridine rings is 1. The van der Waals surface area contributed by atoms with E-state index in [9.17, 15) is 14.7 Å². The molecule has 2 heterocycles. The lowest BCUT2D eigenvalue weighted by Crippen LogP contribution is -2.32. The Kier molecular flexibility index (Phi) is 6.74. The van der Waals surface area contributed by atoms with Crippen molar-refractivity contribution >= 4 is 29.1 Å². The monoisotopic (exact) mass is 429 g/mol. The fourth-order valence-electron chi connectivity index (χ4n) is 3.52. The number of nitrogens with zero attached hydrogens (tertiary/aromatic N) is 3. The van der Waals surface area contributed by atoms with E-state index in [0.717, 1.165) is 6.54 Å². The molecule has 0 bridgehead atoms. The van der Waals surface area contributed by atoms with Crippen LogP contribution in [-0.4, -0.2) is 65.9 Å². The molecule has 1 unspecified atom stereocenters. The van der Waals surface area contributed by atoms with Crippen LogP contribution in [0.3, 0.4) is 0 Å². The maximum atomic E-state index is 13.0. The van der Waals surface area contributed by atoms with Crippen molar-refractivity contribution in [2.75, 3.05) is 34.3 Å². The van der Waals surface area contributed by atoms with Gasteiger partial charge in [0, 0.05) is 17.8 Å². The Labute approximate surface area is 180 Å². The van der Waals surface area contributed by atoms with E-state index >= 15 is 0 Å². The molecule has 1 amide bonds. The quantitative estimate of drug-likeness (QED) is 0.413. The number of aromatic nitrogens is 1. The van der Waals surface area contributed by atoms with Crippen molar-refractivity contribution in [2.24, 2.45) is 0 Å². The number of benzene rings is 1. The molecule has 1 atom stereocenters. The minimum absolute atomic E-state index is 0.0240. The number of carbonyl (C=O) groups is 2. The lowest BCUT2D eigenvalue weighted by atomic mass is 9.98. The Bertz CT molecular complexity index is 976. The number of ketones is 1. The highest BCUT2D eigenvalue weighted by Gasteiger charge is 2.46. The van der Waals surface area contributed by atoms with Gasteiger partial charge in [-0.25, -0.2) is 0 Å². The number of Topliss-reactive ketones (excluding diaryl/α,β-unsaturated/α-hetero) is 1. The highest BCUT2D eigenvalue weighted by Crippen LogP contribution is 2.40. The molecule has 1 fully saturated rings. The number of methoxy groups -OCH3 is 1. The third-order valence-electron chi connectivity index (χ3n) is 4.93. The summed E-state index contributed by atoms with van der Waals surface area (Å²) in [6.45, 7) is 1.10. The average molecular weight is 430 g/mol. The largest absolute Gasteiger partial charge is 0.507 e. The molecule has 3 rings (SSSR count). The molecule has 1 aliphatic rings. The van der Waals surface area contributed by atoms with Crippen LogP contribution < -0.4 is 4.74 Å². The topological polar surface area (TPSA) is 83.0 Å². The van der Waals surface area contributed by atoms with Crippen molar-refractivity contribution in [1.29, 1.82) is 0 Å². The number of halogens is 1. The highest BCUT2D eigenvalue weighted by atomic mass is 35.5. The van der Waals surface area contributed by atoms with E-state index in [1.54, 1.807) is 36.5 Å². The van der Waals surface area contributed by atoms with Gasteiger partial charge in [0.25, 0.3) is 11.7 Å². The molecule has 7 nitrogen and oxygen atoms in total. The molecule has 1 aromatic heterocycles. The van der Waals surface area contributed by atoms with Gasteiger partial charge < -0.3 is 19.6 Å². The van der Waals surface area contributed by atoms with Crippen LogP contribution in [0, 0.1) is 0 Å². The van der Waals surface area contributed by atoms with E-state index in [1.165, 1.54) is 18.1 Å². The molecule has 8 heteroatoms. The number of aliphatic hydroxyl groups excluding tert-OH is 1. The molecule has 0 aliphatic carbocycles. The van der Waals surface area contributed by atoms with Crippen LogP contribution in [0.25, 0.3) is 5.76 Å². The molecule has 1 saturated heterocycles. The minimum Gasteiger partial charge on any atom is -0.507 e. The summed E-state index contributed by atoms with van der Waals surface area (Å²) in [5.74, 6) is -1.41. The lowest BCUT2D eigenvalue weighted by Gasteiger charge is -2.25. The van der Waals surface area contributed by atoms with Crippen molar-refractivity contribution in [3.05, 3.63) is 64.4 Å². The van der Waals surface area contributed by atoms with Gasteiger partial charge in [-0.1, -0.05) is 17.7 Å². The predicted octanol–water partition coefficient (Wildman–Crippen LogP) is 3.12. The van der Waals surface area contributed by atoms with E-state index in [-0.39, 0.29) is 16.9 Å².